The molecule has 0 aliphatic rings. The van der Waals surface area contributed by atoms with Gasteiger partial charge in [0, 0.05) is 18.3 Å². The summed E-state index contributed by atoms with van der Waals surface area (Å²) >= 11 is 0. The number of nitrogens with zero attached hydrogens (tertiary/aromatic N) is 2. The van der Waals surface area contributed by atoms with Gasteiger partial charge in [-0.25, -0.2) is 0 Å². The van der Waals surface area contributed by atoms with Crippen LogP contribution in [0.25, 0.3) is 11.1 Å². The van der Waals surface area contributed by atoms with Crippen molar-refractivity contribution in [2.75, 3.05) is 27.2 Å². The van der Waals surface area contributed by atoms with Crippen LogP contribution >= 0.6 is 0 Å². The summed E-state index contributed by atoms with van der Waals surface area (Å²) in [6.45, 7) is 3.67. The van der Waals surface area contributed by atoms with Crippen LogP contribution in [0.3, 0.4) is 0 Å². The van der Waals surface area contributed by atoms with Gasteiger partial charge in [0.25, 0.3) is 0 Å². The van der Waals surface area contributed by atoms with Gasteiger partial charge in [-0.05, 0) is 38.2 Å². The Hall–Kier alpha value is -1.81. The zero-order chi connectivity index (χ0) is 13.0. The summed E-state index contributed by atoms with van der Waals surface area (Å²) in [6.07, 6.45) is 3.70. The fourth-order valence-corrected chi connectivity index (χ4v) is 1.68. The van der Waals surface area contributed by atoms with Crippen LogP contribution in [-0.4, -0.2) is 42.3 Å². The summed E-state index contributed by atoms with van der Waals surface area (Å²) in [5.41, 5.74) is 3.35. The Morgan fingerprint density at radius 3 is 2.78 bits per heavy atom. The van der Waals surface area contributed by atoms with Crippen LogP contribution in [0, 0.1) is 6.92 Å². The van der Waals surface area contributed by atoms with Gasteiger partial charge in [-0.15, -0.1) is 0 Å². The van der Waals surface area contributed by atoms with E-state index in [4.69, 9.17) is 4.74 Å². The highest BCUT2D eigenvalue weighted by molar-refractivity contribution is 5.64. The van der Waals surface area contributed by atoms with Gasteiger partial charge in [0.1, 0.15) is 12.4 Å². The first kappa shape index (κ1) is 12.6. The van der Waals surface area contributed by atoms with Crippen LogP contribution in [0.5, 0.6) is 5.75 Å². The summed E-state index contributed by atoms with van der Waals surface area (Å²) < 4.78 is 5.81. The van der Waals surface area contributed by atoms with Crippen molar-refractivity contribution in [3.8, 4) is 16.9 Å². The smallest absolute Gasteiger partial charge is 0.122 e. The number of aromatic nitrogens is 2. The Morgan fingerprint density at radius 1 is 1.28 bits per heavy atom. The molecule has 1 heterocycles. The van der Waals surface area contributed by atoms with Crippen molar-refractivity contribution in [3.63, 3.8) is 0 Å². The number of H-pyrrole nitrogens is 1. The first-order valence-electron chi connectivity index (χ1n) is 6.04. The molecule has 96 valence electrons. The predicted octanol–water partition coefficient (Wildman–Crippen LogP) is 2.33. The molecule has 0 amide bonds. The zero-order valence-corrected chi connectivity index (χ0v) is 11.1. The summed E-state index contributed by atoms with van der Waals surface area (Å²) in [6, 6.07) is 6.22. The van der Waals surface area contributed by atoms with E-state index in [1.165, 1.54) is 0 Å². The van der Waals surface area contributed by atoms with Gasteiger partial charge in [-0.3, -0.25) is 5.10 Å². The molecule has 0 atom stereocenters. The molecule has 0 aliphatic heterocycles. The zero-order valence-electron chi connectivity index (χ0n) is 11.1. The van der Waals surface area contributed by atoms with Gasteiger partial charge in [-0.1, -0.05) is 12.1 Å². The largest absolute Gasteiger partial charge is 0.492 e. The molecule has 0 saturated heterocycles. The van der Waals surface area contributed by atoms with Crippen molar-refractivity contribution in [3.05, 3.63) is 36.2 Å². The molecule has 0 spiro atoms. The molecular formula is C14H19N3O. The second-order valence-corrected chi connectivity index (χ2v) is 4.62. The lowest BCUT2D eigenvalue weighted by molar-refractivity contribution is 0.260. The molecule has 0 bridgehead atoms. The van der Waals surface area contributed by atoms with Crippen molar-refractivity contribution < 1.29 is 4.74 Å². The maximum atomic E-state index is 5.81. The Labute approximate surface area is 108 Å². The highest BCUT2D eigenvalue weighted by Crippen LogP contribution is 2.26. The molecule has 0 unspecified atom stereocenters. The number of benzene rings is 1. The van der Waals surface area contributed by atoms with E-state index in [9.17, 15) is 0 Å². The maximum Gasteiger partial charge on any atom is 0.122 e. The van der Waals surface area contributed by atoms with Crippen LogP contribution in [0.2, 0.25) is 0 Å². The van der Waals surface area contributed by atoms with Crippen LogP contribution in [0.1, 0.15) is 5.56 Å². The number of likely N-dealkylation sites (N-methyl/N-ethyl adjacent to an activating group) is 1. The van der Waals surface area contributed by atoms with Gasteiger partial charge in [0.15, 0.2) is 0 Å². The lowest BCUT2D eigenvalue weighted by Crippen LogP contribution is -2.19. The number of ether oxygens (including phenoxy) is 1. The quantitative estimate of drug-likeness (QED) is 0.879. The van der Waals surface area contributed by atoms with Crippen LogP contribution in [0.4, 0.5) is 0 Å². The van der Waals surface area contributed by atoms with E-state index in [1.807, 2.05) is 26.5 Å². The highest BCUT2D eigenvalue weighted by atomic mass is 16.5. The fraction of sp³-hybridized carbons (Fsp3) is 0.357. The fourth-order valence-electron chi connectivity index (χ4n) is 1.68. The monoisotopic (exact) mass is 245 g/mol. The summed E-state index contributed by atoms with van der Waals surface area (Å²) in [4.78, 5) is 2.11. The van der Waals surface area contributed by atoms with E-state index in [-0.39, 0.29) is 0 Å². The molecular weight excluding hydrogens is 226 g/mol. The summed E-state index contributed by atoms with van der Waals surface area (Å²) in [5.74, 6) is 0.940. The third-order valence-electron chi connectivity index (χ3n) is 2.82. The van der Waals surface area contributed by atoms with Crippen molar-refractivity contribution >= 4 is 0 Å². The first-order chi connectivity index (χ1) is 8.66. The van der Waals surface area contributed by atoms with Crippen molar-refractivity contribution in [1.82, 2.24) is 15.1 Å². The number of hydrogen-bond donors (Lipinski definition) is 1. The van der Waals surface area contributed by atoms with Gasteiger partial charge in [0.05, 0.1) is 6.20 Å². The normalized spacial score (nSPS) is 10.9. The molecule has 18 heavy (non-hydrogen) atoms. The Morgan fingerprint density at radius 2 is 2.11 bits per heavy atom. The van der Waals surface area contributed by atoms with E-state index in [0.29, 0.717) is 6.61 Å². The molecule has 1 aromatic carbocycles. The molecule has 0 aliphatic carbocycles. The van der Waals surface area contributed by atoms with Gasteiger partial charge >= 0.3 is 0 Å². The molecule has 1 N–H and O–H groups in total. The predicted molar refractivity (Wildman–Crippen MR) is 72.8 cm³/mol. The molecule has 4 nitrogen and oxygen atoms in total. The van der Waals surface area contributed by atoms with E-state index < -0.39 is 0 Å². The number of nitrogens with one attached hydrogen (secondary N) is 1. The third-order valence-corrected chi connectivity index (χ3v) is 2.82. The standard InChI is InChI=1S/C14H19N3O/c1-11-4-5-12(13-9-15-16-10-13)8-14(11)18-7-6-17(2)3/h4-5,8-10H,6-7H2,1-3H3,(H,15,16). The van der Waals surface area contributed by atoms with E-state index in [1.54, 1.807) is 0 Å². The molecule has 4 heteroatoms. The lowest BCUT2D eigenvalue weighted by atomic mass is 10.1. The molecule has 1 aromatic heterocycles. The average molecular weight is 245 g/mol. The Balaban J connectivity index is 2.12. The van der Waals surface area contributed by atoms with E-state index >= 15 is 0 Å². The van der Waals surface area contributed by atoms with Crippen LogP contribution in [-0.2, 0) is 0 Å². The Kier molecular flexibility index (Phi) is 3.99. The van der Waals surface area contributed by atoms with Crippen molar-refractivity contribution in [1.29, 1.82) is 0 Å². The van der Waals surface area contributed by atoms with Gasteiger partial charge in [0.2, 0.25) is 0 Å². The second kappa shape index (κ2) is 5.69. The van der Waals surface area contributed by atoms with Crippen molar-refractivity contribution in [2.45, 2.75) is 6.92 Å². The number of aromatic amines is 1. The van der Waals surface area contributed by atoms with Crippen molar-refractivity contribution in [2.24, 2.45) is 0 Å². The molecule has 0 fully saturated rings. The molecule has 2 aromatic rings. The number of hydrogen-bond acceptors (Lipinski definition) is 3. The minimum absolute atomic E-state index is 0.697. The average Bonchev–Trinajstić information content (AvgIpc) is 2.84. The molecule has 2 rings (SSSR count). The van der Waals surface area contributed by atoms with Crippen LogP contribution < -0.4 is 4.74 Å². The Bertz CT molecular complexity index is 492. The molecule has 0 saturated carbocycles. The maximum absolute atomic E-state index is 5.81. The van der Waals surface area contributed by atoms with Gasteiger partial charge < -0.3 is 9.64 Å². The summed E-state index contributed by atoms with van der Waals surface area (Å²) in [7, 11) is 4.08. The van der Waals surface area contributed by atoms with Gasteiger partial charge in [-0.2, -0.15) is 5.10 Å². The van der Waals surface area contributed by atoms with Crippen LogP contribution in [0.15, 0.2) is 30.6 Å². The van der Waals surface area contributed by atoms with E-state index in [2.05, 4.69) is 40.2 Å². The minimum atomic E-state index is 0.697. The molecule has 0 radical (unpaired) electrons. The highest BCUT2D eigenvalue weighted by Gasteiger charge is 2.04. The number of aryl methyl sites for hydroxylation is 1. The second-order valence-electron chi connectivity index (χ2n) is 4.62. The van der Waals surface area contributed by atoms with E-state index in [0.717, 1.165) is 29.0 Å². The third kappa shape index (κ3) is 3.11. The first-order valence-corrected chi connectivity index (χ1v) is 6.04. The lowest BCUT2D eigenvalue weighted by Gasteiger charge is -2.13. The topological polar surface area (TPSA) is 41.1 Å². The summed E-state index contributed by atoms with van der Waals surface area (Å²) in [5, 5.41) is 6.79. The number of rotatable bonds is 5. The minimum Gasteiger partial charge on any atom is -0.492 e. The SMILES string of the molecule is Cc1ccc(-c2cn[nH]c2)cc1OCCN(C)C.